The number of anilines is 1. The predicted octanol–water partition coefficient (Wildman–Crippen LogP) is 9.65. The van der Waals surface area contributed by atoms with E-state index in [0.717, 1.165) is 28.2 Å². The normalized spacial score (nSPS) is 12.1. The summed E-state index contributed by atoms with van der Waals surface area (Å²) in [4.78, 5) is 10.8. The first kappa shape index (κ1) is 34.0. The highest BCUT2D eigenvalue weighted by Crippen LogP contribution is 2.40. The van der Waals surface area contributed by atoms with Gasteiger partial charge in [0.05, 0.1) is 11.4 Å². The van der Waals surface area contributed by atoms with Crippen LogP contribution in [-0.2, 0) is 0 Å². The SMILES string of the molecule is Cc1cccc(C)c1NC(=Nc1cccc(N=C(NC(C)C)P(c2ccccc2)c2ccccc2)c1)P(c1ccccc1)c1ccccc1. The highest BCUT2D eigenvalue weighted by atomic mass is 31.1. The monoisotopic (exact) mass is 676 g/mol. The van der Waals surface area contributed by atoms with Crippen molar-refractivity contribution in [3.8, 4) is 0 Å². The van der Waals surface area contributed by atoms with E-state index in [1.165, 1.54) is 32.3 Å². The number of benzene rings is 6. The van der Waals surface area contributed by atoms with Crippen molar-refractivity contribution in [2.24, 2.45) is 9.98 Å². The lowest BCUT2D eigenvalue weighted by molar-refractivity contribution is 0.740. The van der Waals surface area contributed by atoms with E-state index in [9.17, 15) is 0 Å². The van der Waals surface area contributed by atoms with Gasteiger partial charge in [-0.25, -0.2) is 9.98 Å². The van der Waals surface area contributed by atoms with Gasteiger partial charge in [0.1, 0.15) is 11.2 Å². The molecule has 0 aliphatic heterocycles. The first-order valence-corrected chi connectivity index (χ1v) is 19.3. The van der Waals surface area contributed by atoms with Crippen LogP contribution in [0.4, 0.5) is 17.1 Å². The van der Waals surface area contributed by atoms with Gasteiger partial charge in [0.15, 0.2) is 0 Å². The number of aryl methyl sites for hydroxylation is 2. The van der Waals surface area contributed by atoms with Gasteiger partial charge < -0.3 is 10.6 Å². The van der Waals surface area contributed by atoms with Crippen molar-refractivity contribution < 1.29 is 0 Å². The summed E-state index contributed by atoms with van der Waals surface area (Å²) in [5.74, 6) is 0. The van der Waals surface area contributed by atoms with Crippen molar-refractivity contribution >= 4 is 65.3 Å². The first-order chi connectivity index (χ1) is 24.0. The molecule has 0 aromatic heterocycles. The molecule has 2 N–H and O–H groups in total. The third-order valence-corrected chi connectivity index (χ3v) is 12.5. The summed E-state index contributed by atoms with van der Waals surface area (Å²) in [6.07, 6.45) is 0. The largest absolute Gasteiger partial charge is 0.367 e. The van der Waals surface area contributed by atoms with Crippen LogP contribution in [0.5, 0.6) is 0 Å². The number of para-hydroxylation sites is 1. The molecule has 0 aliphatic rings. The van der Waals surface area contributed by atoms with Crippen LogP contribution in [0.15, 0.2) is 174 Å². The Labute approximate surface area is 293 Å². The maximum absolute atomic E-state index is 5.43. The average molecular weight is 677 g/mol. The molecule has 49 heavy (non-hydrogen) atoms. The molecule has 0 amide bonds. The van der Waals surface area contributed by atoms with Gasteiger partial charge >= 0.3 is 0 Å². The second kappa shape index (κ2) is 16.5. The van der Waals surface area contributed by atoms with Crippen LogP contribution in [0.25, 0.3) is 0 Å². The summed E-state index contributed by atoms with van der Waals surface area (Å²) in [7, 11) is -1.92. The summed E-state index contributed by atoms with van der Waals surface area (Å²) in [5.41, 5.74) is 7.05. The lowest BCUT2D eigenvalue weighted by Gasteiger charge is -2.24. The van der Waals surface area contributed by atoms with Crippen LogP contribution in [-0.4, -0.2) is 17.2 Å². The molecule has 4 nitrogen and oxygen atoms in total. The van der Waals surface area contributed by atoms with Gasteiger partial charge in [0.25, 0.3) is 0 Å². The number of hydrogen-bond acceptors (Lipinski definition) is 2. The average Bonchev–Trinajstić information content (AvgIpc) is 3.12. The van der Waals surface area contributed by atoms with Crippen LogP contribution < -0.4 is 31.9 Å². The molecule has 0 aliphatic carbocycles. The van der Waals surface area contributed by atoms with Gasteiger partial charge in [-0.05, 0) is 78.2 Å². The van der Waals surface area contributed by atoms with Crippen LogP contribution >= 0.6 is 15.8 Å². The van der Waals surface area contributed by atoms with Gasteiger partial charge in [-0.2, -0.15) is 0 Å². The van der Waals surface area contributed by atoms with E-state index in [2.05, 4.69) is 202 Å². The van der Waals surface area contributed by atoms with Gasteiger partial charge in [-0.3, -0.25) is 0 Å². The smallest absolute Gasteiger partial charge is 0.138 e. The van der Waals surface area contributed by atoms with Crippen LogP contribution in [0, 0.1) is 13.8 Å². The lowest BCUT2D eigenvalue weighted by atomic mass is 10.1. The Morgan fingerprint density at radius 2 is 0.837 bits per heavy atom. The Bertz CT molecular complexity index is 1910. The van der Waals surface area contributed by atoms with Crippen molar-refractivity contribution in [3.05, 3.63) is 175 Å². The van der Waals surface area contributed by atoms with Crippen LogP contribution in [0.2, 0.25) is 0 Å². The molecular weight excluding hydrogens is 634 g/mol. The molecule has 6 aromatic rings. The molecule has 0 fully saturated rings. The summed E-state index contributed by atoms with van der Waals surface area (Å²) >= 11 is 0. The van der Waals surface area contributed by atoms with Crippen molar-refractivity contribution in [2.45, 2.75) is 33.7 Å². The fourth-order valence-corrected chi connectivity index (χ4v) is 10.1. The van der Waals surface area contributed by atoms with Crippen LogP contribution in [0.1, 0.15) is 25.0 Å². The number of nitrogens with zero attached hydrogens (tertiary/aromatic N) is 2. The zero-order chi connectivity index (χ0) is 34.0. The molecule has 6 heteroatoms. The van der Waals surface area contributed by atoms with Crippen LogP contribution in [0.3, 0.4) is 0 Å². The Morgan fingerprint density at radius 1 is 0.469 bits per heavy atom. The number of hydrogen-bond donors (Lipinski definition) is 2. The molecule has 0 bridgehead atoms. The minimum atomic E-state index is -1.00. The minimum Gasteiger partial charge on any atom is -0.367 e. The summed E-state index contributed by atoms with van der Waals surface area (Å²) in [6, 6.07) is 57.7. The third kappa shape index (κ3) is 8.78. The summed E-state index contributed by atoms with van der Waals surface area (Å²) < 4.78 is 0. The van der Waals surface area contributed by atoms with Gasteiger partial charge in [-0.1, -0.05) is 146 Å². The van der Waals surface area contributed by atoms with Gasteiger partial charge in [0, 0.05) is 27.6 Å². The molecule has 6 aromatic carbocycles. The molecule has 6 rings (SSSR count). The van der Waals surface area contributed by atoms with E-state index in [1.54, 1.807) is 0 Å². The molecule has 244 valence electrons. The highest BCUT2D eigenvalue weighted by molar-refractivity contribution is 7.88. The van der Waals surface area contributed by atoms with Crippen molar-refractivity contribution in [3.63, 3.8) is 0 Å². The quantitative estimate of drug-likeness (QED) is 0.0863. The Hall–Kier alpha value is -4.88. The van der Waals surface area contributed by atoms with E-state index in [-0.39, 0.29) is 6.04 Å². The molecule has 0 atom stereocenters. The van der Waals surface area contributed by atoms with E-state index in [4.69, 9.17) is 9.98 Å². The number of nitrogens with one attached hydrogen (secondary N) is 2. The maximum Gasteiger partial charge on any atom is 0.138 e. The fraction of sp³-hybridized carbons (Fsp3) is 0.116. The molecule has 0 saturated heterocycles. The first-order valence-electron chi connectivity index (χ1n) is 16.6. The predicted molar refractivity (Wildman–Crippen MR) is 217 cm³/mol. The molecule has 0 saturated carbocycles. The fourth-order valence-electron chi connectivity index (χ4n) is 5.63. The Balaban J connectivity index is 1.49. The maximum atomic E-state index is 5.43. The highest BCUT2D eigenvalue weighted by Gasteiger charge is 2.23. The second-order valence-electron chi connectivity index (χ2n) is 12.1. The molecular formula is C43H42N4P2. The van der Waals surface area contributed by atoms with E-state index in [1.807, 2.05) is 0 Å². The standard InChI is InChI=1S/C43H42N4P2/c1-32(2)44-42(48(37-23-9-5-10-24-37)38-25-11-6-12-26-38)45-35-21-18-22-36(31-35)46-43(47-41-33(3)19-17-20-34(41)4)49(39-27-13-7-14-28-39)40-29-15-8-16-30-40/h5-32H,1-4H3,(H,44,45)(H,46,47). The Kier molecular flexibility index (Phi) is 11.4. The van der Waals surface area contributed by atoms with Gasteiger partial charge in [0.2, 0.25) is 0 Å². The summed E-state index contributed by atoms with van der Waals surface area (Å²) in [6.45, 7) is 8.63. The molecule has 0 unspecified atom stereocenters. The molecule has 0 heterocycles. The van der Waals surface area contributed by atoms with Gasteiger partial charge in [-0.15, -0.1) is 0 Å². The molecule has 0 radical (unpaired) electrons. The zero-order valence-electron chi connectivity index (χ0n) is 28.5. The molecule has 0 spiro atoms. The van der Waals surface area contributed by atoms with Crippen molar-refractivity contribution in [2.75, 3.05) is 5.32 Å². The van der Waals surface area contributed by atoms with Crippen molar-refractivity contribution in [1.29, 1.82) is 0 Å². The summed E-state index contributed by atoms with van der Waals surface area (Å²) in [5, 5.41) is 12.5. The number of rotatable bonds is 10. The van der Waals surface area contributed by atoms with E-state index in [0.29, 0.717) is 0 Å². The third-order valence-electron chi connectivity index (χ3n) is 7.92. The Morgan fingerprint density at radius 3 is 1.24 bits per heavy atom. The van der Waals surface area contributed by atoms with Crippen molar-refractivity contribution in [1.82, 2.24) is 5.32 Å². The van der Waals surface area contributed by atoms with E-state index >= 15 is 0 Å². The lowest BCUT2D eigenvalue weighted by Crippen LogP contribution is -2.34. The number of amidine groups is 2. The minimum absolute atomic E-state index is 0.214. The zero-order valence-corrected chi connectivity index (χ0v) is 30.2. The second-order valence-corrected chi connectivity index (χ2v) is 16.3. The van der Waals surface area contributed by atoms with E-state index < -0.39 is 15.8 Å². The number of aliphatic imine (C=N–C) groups is 2. The topological polar surface area (TPSA) is 48.8 Å².